The van der Waals surface area contributed by atoms with Gasteiger partial charge in [-0.25, -0.2) is 0 Å². The normalized spacial score (nSPS) is 10.2. The predicted molar refractivity (Wildman–Crippen MR) is 91.8 cm³/mol. The van der Waals surface area contributed by atoms with Crippen LogP contribution >= 0.6 is 47.0 Å². The van der Waals surface area contributed by atoms with Gasteiger partial charge in [0.05, 0.1) is 20.8 Å². The van der Waals surface area contributed by atoms with Gasteiger partial charge in [0.1, 0.15) is 4.99 Å². The van der Waals surface area contributed by atoms with Crippen LogP contribution in [-0.4, -0.2) is 10.9 Å². The lowest BCUT2D eigenvalue weighted by atomic mass is 10.1. The van der Waals surface area contributed by atoms with Crippen LogP contribution < -0.4 is 11.1 Å². The van der Waals surface area contributed by atoms with E-state index in [1.807, 2.05) is 0 Å². The highest BCUT2D eigenvalue weighted by molar-refractivity contribution is 7.80. The van der Waals surface area contributed by atoms with Crippen molar-refractivity contribution in [1.82, 2.24) is 0 Å². The quantitative estimate of drug-likeness (QED) is 0.625. The molecule has 108 valence electrons. The molecule has 0 unspecified atom stereocenters. The van der Waals surface area contributed by atoms with Crippen molar-refractivity contribution in [1.29, 1.82) is 0 Å². The second-order valence-electron chi connectivity index (χ2n) is 4.15. The molecule has 0 aliphatic carbocycles. The van der Waals surface area contributed by atoms with Crippen molar-refractivity contribution in [3.8, 4) is 0 Å². The summed E-state index contributed by atoms with van der Waals surface area (Å²) in [6.07, 6.45) is 0. The first kappa shape index (κ1) is 16.0. The molecule has 7 heteroatoms. The van der Waals surface area contributed by atoms with E-state index >= 15 is 0 Å². The molecule has 0 aliphatic heterocycles. The van der Waals surface area contributed by atoms with Crippen LogP contribution in [0.25, 0.3) is 0 Å². The van der Waals surface area contributed by atoms with Gasteiger partial charge in [-0.15, -0.1) is 0 Å². The summed E-state index contributed by atoms with van der Waals surface area (Å²) in [4.78, 5) is 12.4. The molecule has 0 bridgehead atoms. The Balaban J connectivity index is 2.28. The molecule has 2 aromatic rings. The number of benzene rings is 2. The molecule has 2 rings (SSSR count). The van der Waals surface area contributed by atoms with Gasteiger partial charge in [0.15, 0.2) is 0 Å². The largest absolute Gasteiger partial charge is 0.389 e. The van der Waals surface area contributed by atoms with Gasteiger partial charge in [-0.2, -0.15) is 0 Å². The molecule has 0 aliphatic rings. The maximum atomic E-state index is 12.2. The van der Waals surface area contributed by atoms with E-state index in [9.17, 15) is 4.79 Å². The van der Waals surface area contributed by atoms with E-state index < -0.39 is 0 Å². The summed E-state index contributed by atoms with van der Waals surface area (Å²) in [6.45, 7) is 0. The lowest BCUT2D eigenvalue weighted by molar-refractivity contribution is 0.102. The van der Waals surface area contributed by atoms with Crippen molar-refractivity contribution in [2.75, 3.05) is 5.32 Å². The molecule has 0 saturated carbocycles. The summed E-state index contributed by atoms with van der Waals surface area (Å²) in [6, 6.07) is 9.62. The topological polar surface area (TPSA) is 55.1 Å². The number of halogens is 3. The average molecular weight is 360 g/mol. The van der Waals surface area contributed by atoms with E-state index in [-0.39, 0.29) is 10.9 Å². The van der Waals surface area contributed by atoms with Crippen molar-refractivity contribution in [2.24, 2.45) is 5.73 Å². The zero-order valence-corrected chi connectivity index (χ0v) is 13.6. The lowest BCUT2D eigenvalue weighted by Crippen LogP contribution is -2.15. The number of nitrogens with two attached hydrogens (primary N) is 1. The van der Waals surface area contributed by atoms with E-state index in [4.69, 9.17) is 52.8 Å². The second kappa shape index (κ2) is 6.62. The fourth-order valence-corrected chi connectivity index (χ4v) is 2.35. The Morgan fingerprint density at radius 3 is 2.29 bits per heavy atom. The molecule has 1 amide bonds. The summed E-state index contributed by atoms with van der Waals surface area (Å²) in [7, 11) is 0. The van der Waals surface area contributed by atoms with Crippen LogP contribution in [0.3, 0.4) is 0 Å². The summed E-state index contributed by atoms with van der Waals surface area (Å²) < 4.78 is 0. The molecule has 0 aromatic heterocycles. The number of hydrogen-bond donors (Lipinski definition) is 2. The predicted octanol–water partition coefficient (Wildman–Crippen LogP) is 4.53. The Morgan fingerprint density at radius 2 is 1.62 bits per heavy atom. The zero-order chi connectivity index (χ0) is 15.6. The Kier molecular flexibility index (Phi) is 5.06. The number of thiocarbonyl (C=S) groups is 1. The van der Waals surface area contributed by atoms with E-state index in [2.05, 4.69) is 5.32 Å². The van der Waals surface area contributed by atoms with Crippen LogP contribution in [0.2, 0.25) is 15.1 Å². The van der Waals surface area contributed by atoms with E-state index in [0.29, 0.717) is 31.9 Å². The lowest BCUT2D eigenvalue weighted by Gasteiger charge is -2.09. The van der Waals surface area contributed by atoms with Crippen molar-refractivity contribution in [2.45, 2.75) is 0 Å². The highest BCUT2D eigenvalue weighted by Crippen LogP contribution is 2.32. The number of anilines is 1. The molecule has 21 heavy (non-hydrogen) atoms. The van der Waals surface area contributed by atoms with Crippen molar-refractivity contribution < 1.29 is 4.79 Å². The van der Waals surface area contributed by atoms with Gasteiger partial charge in [0.2, 0.25) is 0 Å². The van der Waals surface area contributed by atoms with Gasteiger partial charge >= 0.3 is 0 Å². The Labute approximate surface area is 142 Å². The molecule has 0 fully saturated rings. The first-order valence-electron chi connectivity index (χ1n) is 5.74. The molecule has 0 atom stereocenters. The number of rotatable bonds is 3. The summed E-state index contributed by atoms with van der Waals surface area (Å²) in [5, 5.41) is 3.57. The third kappa shape index (κ3) is 3.86. The number of nitrogens with one attached hydrogen (secondary N) is 1. The van der Waals surface area contributed by atoms with Crippen LogP contribution in [0, 0.1) is 0 Å². The minimum atomic E-state index is -0.353. The van der Waals surface area contributed by atoms with Crippen molar-refractivity contribution in [3.63, 3.8) is 0 Å². The average Bonchev–Trinajstić information content (AvgIpc) is 2.44. The molecule has 0 spiro atoms. The van der Waals surface area contributed by atoms with Gasteiger partial charge < -0.3 is 11.1 Å². The minimum absolute atomic E-state index is 0.220. The standard InChI is InChI=1S/C14H9Cl3N2OS/c15-9-5-11(17)12(6-10(9)16)19-14(20)8-3-1-2-7(4-8)13(18)21/h1-6H,(H2,18,21)(H,19,20). The minimum Gasteiger partial charge on any atom is -0.389 e. The first-order chi connectivity index (χ1) is 9.88. The smallest absolute Gasteiger partial charge is 0.255 e. The monoisotopic (exact) mass is 358 g/mol. The molecule has 2 aromatic carbocycles. The fraction of sp³-hybridized carbons (Fsp3) is 0. The molecule has 0 radical (unpaired) electrons. The molecule has 0 heterocycles. The van der Waals surface area contributed by atoms with E-state index in [1.165, 1.54) is 12.1 Å². The van der Waals surface area contributed by atoms with Crippen molar-refractivity contribution in [3.05, 3.63) is 62.6 Å². The second-order valence-corrected chi connectivity index (χ2v) is 5.81. The van der Waals surface area contributed by atoms with E-state index in [1.54, 1.807) is 24.3 Å². The Hall–Kier alpha value is -1.33. The zero-order valence-electron chi connectivity index (χ0n) is 10.5. The summed E-state index contributed by atoms with van der Waals surface area (Å²) in [5.41, 5.74) is 6.93. The summed E-state index contributed by atoms with van der Waals surface area (Å²) >= 11 is 22.6. The molecular weight excluding hydrogens is 351 g/mol. The molecular formula is C14H9Cl3N2OS. The number of amides is 1. The van der Waals surface area contributed by atoms with Gasteiger partial charge in [0.25, 0.3) is 5.91 Å². The van der Waals surface area contributed by atoms with Gasteiger partial charge in [-0.1, -0.05) is 59.2 Å². The first-order valence-corrected chi connectivity index (χ1v) is 7.28. The third-order valence-electron chi connectivity index (χ3n) is 2.67. The van der Waals surface area contributed by atoms with Gasteiger partial charge in [0, 0.05) is 11.1 Å². The Bertz CT molecular complexity index is 734. The third-order valence-corrected chi connectivity index (χ3v) is 3.94. The number of carbonyl (C=O) groups is 1. The molecule has 0 saturated heterocycles. The highest BCUT2D eigenvalue weighted by atomic mass is 35.5. The molecule has 3 N–H and O–H groups in total. The molecule has 3 nitrogen and oxygen atoms in total. The van der Waals surface area contributed by atoms with Gasteiger partial charge in [-0.05, 0) is 24.3 Å². The highest BCUT2D eigenvalue weighted by Gasteiger charge is 2.12. The van der Waals surface area contributed by atoms with E-state index in [0.717, 1.165) is 0 Å². The fourth-order valence-electron chi connectivity index (χ4n) is 1.63. The van der Waals surface area contributed by atoms with Crippen molar-refractivity contribution >= 4 is 63.6 Å². The van der Waals surface area contributed by atoms with Crippen LogP contribution in [0.5, 0.6) is 0 Å². The SMILES string of the molecule is NC(=S)c1cccc(C(=O)Nc2cc(Cl)c(Cl)cc2Cl)c1. The van der Waals surface area contributed by atoms with Gasteiger partial charge in [-0.3, -0.25) is 4.79 Å². The maximum absolute atomic E-state index is 12.2. The number of hydrogen-bond acceptors (Lipinski definition) is 2. The Morgan fingerprint density at radius 1 is 1.00 bits per heavy atom. The van der Waals surface area contributed by atoms with Crippen LogP contribution in [0.4, 0.5) is 5.69 Å². The van der Waals surface area contributed by atoms with Crippen LogP contribution in [-0.2, 0) is 0 Å². The van der Waals surface area contributed by atoms with Crippen LogP contribution in [0.15, 0.2) is 36.4 Å². The maximum Gasteiger partial charge on any atom is 0.255 e. The van der Waals surface area contributed by atoms with Crippen LogP contribution in [0.1, 0.15) is 15.9 Å². The number of carbonyl (C=O) groups excluding carboxylic acids is 1. The summed E-state index contributed by atoms with van der Waals surface area (Å²) in [5.74, 6) is -0.353.